The van der Waals surface area contributed by atoms with E-state index < -0.39 is 0 Å². The first-order valence-electron chi connectivity index (χ1n) is 4.40. The van der Waals surface area contributed by atoms with Crippen molar-refractivity contribution in [2.45, 2.75) is 18.9 Å². The van der Waals surface area contributed by atoms with Crippen LogP contribution in [0.4, 0.5) is 5.82 Å². The van der Waals surface area contributed by atoms with Gasteiger partial charge in [-0.3, -0.25) is 0 Å². The Balaban J connectivity index is 1.99. The molecule has 0 atom stereocenters. The highest BCUT2D eigenvalue weighted by Crippen LogP contribution is 2.20. The van der Waals surface area contributed by atoms with Gasteiger partial charge in [-0.05, 0) is 25.1 Å². The minimum Gasteiger partial charge on any atom is -0.360 e. The first kappa shape index (κ1) is 10.9. The van der Waals surface area contributed by atoms with E-state index in [1.807, 2.05) is 0 Å². The number of rotatable bonds is 2. The van der Waals surface area contributed by atoms with Crippen LogP contribution in [0.15, 0.2) is 6.20 Å². The number of thiocarbonyl (C=S) groups is 1. The van der Waals surface area contributed by atoms with Gasteiger partial charge in [0.05, 0.1) is 6.20 Å². The van der Waals surface area contributed by atoms with Crippen LogP contribution in [0, 0.1) is 0 Å². The lowest BCUT2D eigenvalue weighted by Crippen LogP contribution is -2.30. The zero-order chi connectivity index (χ0) is 10.8. The highest BCUT2D eigenvalue weighted by Gasteiger charge is 2.22. The van der Waals surface area contributed by atoms with Crippen molar-refractivity contribution in [1.82, 2.24) is 15.3 Å². The molecule has 0 amide bonds. The maximum atomic E-state index is 5.82. The monoisotopic (exact) mass is 262 g/mol. The second kappa shape index (κ2) is 4.47. The van der Waals surface area contributed by atoms with Crippen molar-refractivity contribution in [3.63, 3.8) is 0 Å². The zero-order valence-electron chi connectivity index (χ0n) is 7.63. The first-order chi connectivity index (χ1) is 7.15. The van der Waals surface area contributed by atoms with Gasteiger partial charge in [0.1, 0.15) is 5.15 Å². The molecule has 1 aromatic rings. The molecule has 1 heterocycles. The van der Waals surface area contributed by atoms with Gasteiger partial charge < -0.3 is 10.6 Å². The average Bonchev–Trinajstić information content (AvgIpc) is 2.94. The number of nitrogens with zero attached hydrogens (tertiary/aromatic N) is 2. The molecule has 1 aromatic heterocycles. The van der Waals surface area contributed by atoms with Gasteiger partial charge in [-0.1, -0.05) is 23.2 Å². The molecule has 7 heteroatoms. The van der Waals surface area contributed by atoms with E-state index in [2.05, 4.69) is 20.6 Å². The molecule has 0 unspecified atom stereocenters. The summed E-state index contributed by atoms with van der Waals surface area (Å²) in [6.45, 7) is 0. The second-order valence-corrected chi connectivity index (χ2v) is 4.36. The van der Waals surface area contributed by atoms with Gasteiger partial charge in [-0.25, -0.2) is 9.97 Å². The summed E-state index contributed by atoms with van der Waals surface area (Å²) < 4.78 is 0. The lowest BCUT2D eigenvalue weighted by Gasteiger charge is -2.09. The van der Waals surface area contributed by atoms with E-state index in [0.717, 1.165) is 12.8 Å². The van der Waals surface area contributed by atoms with Gasteiger partial charge in [0, 0.05) is 6.04 Å². The van der Waals surface area contributed by atoms with Crippen LogP contribution in [0.5, 0.6) is 0 Å². The number of hydrogen-bond donors (Lipinski definition) is 2. The molecule has 1 aliphatic rings. The van der Waals surface area contributed by atoms with Crippen LogP contribution in [0.25, 0.3) is 0 Å². The van der Waals surface area contributed by atoms with Crippen molar-refractivity contribution in [2.75, 3.05) is 5.32 Å². The summed E-state index contributed by atoms with van der Waals surface area (Å²) >= 11 is 16.5. The van der Waals surface area contributed by atoms with Crippen LogP contribution in [0.2, 0.25) is 10.3 Å². The zero-order valence-corrected chi connectivity index (χ0v) is 9.96. The molecular weight excluding hydrogens is 255 g/mol. The summed E-state index contributed by atoms with van der Waals surface area (Å²) in [5.41, 5.74) is 0. The molecule has 0 aromatic carbocycles. The fraction of sp³-hybridized carbons (Fsp3) is 0.375. The quantitative estimate of drug-likeness (QED) is 0.801. The molecule has 0 aliphatic heterocycles. The minimum atomic E-state index is 0.211. The Morgan fingerprint density at radius 3 is 2.80 bits per heavy atom. The Morgan fingerprint density at radius 1 is 1.47 bits per heavy atom. The molecule has 1 saturated carbocycles. The Hall–Kier alpha value is -0.650. The third-order valence-corrected chi connectivity index (χ3v) is 2.51. The van der Waals surface area contributed by atoms with E-state index in [-0.39, 0.29) is 10.3 Å². The van der Waals surface area contributed by atoms with E-state index in [1.54, 1.807) is 0 Å². The maximum absolute atomic E-state index is 5.82. The predicted octanol–water partition coefficient (Wildman–Crippen LogP) is 2.23. The molecule has 0 saturated heterocycles. The molecule has 0 spiro atoms. The minimum absolute atomic E-state index is 0.211. The molecule has 1 fully saturated rings. The van der Waals surface area contributed by atoms with Gasteiger partial charge in [0.2, 0.25) is 0 Å². The predicted molar refractivity (Wildman–Crippen MR) is 64.4 cm³/mol. The topological polar surface area (TPSA) is 49.8 Å². The third-order valence-electron chi connectivity index (χ3n) is 1.85. The van der Waals surface area contributed by atoms with Crippen LogP contribution in [0.3, 0.4) is 0 Å². The first-order valence-corrected chi connectivity index (χ1v) is 5.57. The third kappa shape index (κ3) is 3.15. The molecule has 2 rings (SSSR count). The smallest absolute Gasteiger partial charge is 0.173 e. The van der Waals surface area contributed by atoms with Crippen molar-refractivity contribution in [1.29, 1.82) is 0 Å². The summed E-state index contributed by atoms with van der Waals surface area (Å²) in [5, 5.41) is 6.95. The van der Waals surface area contributed by atoms with E-state index in [4.69, 9.17) is 35.4 Å². The number of aromatic nitrogens is 2. The normalized spacial score (nSPS) is 14.8. The summed E-state index contributed by atoms with van der Waals surface area (Å²) in [6, 6.07) is 0.490. The van der Waals surface area contributed by atoms with E-state index in [9.17, 15) is 0 Å². The standard InChI is InChI=1S/C8H8Cl2N4S/c9-5-3-11-7(6(10)13-5)14-8(15)12-4-1-2-4/h3-4H,1-2H2,(H2,11,12,14,15). The largest absolute Gasteiger partial charge is 0.360 e. The van der Waals surface area contributed by atoms with Crippen LogP contribution in [0.1, 0.15) is 12.8 Å². The van der Waals surface area contributed by atoms with Gasteiger partial charge in [0.15, 0.2) is 16.1 Å². The van der Waals surface area contributed by atoms with E-state index in [0.29, 0.717) is 17.0 Å². The lowest BCUT2D eigenvalue weighted by atomic mass is 10.6. The van der Waals surface area contributed by atoms with Crippen molar-refractivity contribution >= 4 is 46.4 Å². The van der Waals surface area contributed by atoms with Crippen LogP contribution in [-0.2, 0) is 0 Å². The number of hydrogen-bond acceptors (Lipinski definition) is 3. The molecular formula is C8H8Cl2N4S. The van der Waals surface area contributed by atoms with Crippen molar-refractivity contribution < 1.29 is 0 Å². The Bertz CT molecular complexity index is 394. The molecule has 4 nitrogen and oxygen atoms in total. The molecule has 0 radical (unpaired) electrons. The van der Waals surface area contributed by atoms with E-state index in [1.165, 1.54) is 6.20 Å². The van der Waals surface area contributed by atoms with Gasteiger partial charge in [-0.15, -0.1) is 0 Å². The molecule has 0 bridgehead atoms. The maximum Gasteiger partial charge on any atom is 0.173 e. The van der Waals surface area contributed by atoms with Crippen LogP contribution >= 0.6 is 35.4 Å². The van der Waals surface area contributed by atoms with E-state index >= 15 is 0 Å². The van der Waals surface area contributed by atoms with Gasteiger partial charge in [-0.2, -0.15) is 0 Å². The summed E-state index contributed by atoms with van der Waals surface area (Å²) in [5.74, 6) is 0.416. The number of halogens is 2. The fourth-order valence-electron chi connectivity index (χ4n) is 0.987. The second-order valence-electron chi connectivity index (χ2n) is 3.20. The summed E-state index contributed by atoms with van der Waals surface area (Å²) in [4.78, 5) is 7.82. The summed E-state index contributed by atoms with van der Waals surface area (Å²) in [7, 11) is 0. The number of anilines is 1. The van der Waals surface area contributed by atoms with Crippen LogP contribution in [-0.4, -0.2) is 21.1 Å². The fourth-order valence-corrected chi connectivity index (χ4v) is 1.61. The Kier molecular flexibility index (Phi) is 3.23. The van der Waals surface area contributed by atoms with Gasteiger partial charge >= 0.3 is 0 Å². The van der Waals surface area contributed by atoms with Crippen molar-refractivity contribution in [3.05, 3.63) is 16.5 Å². The Morgan fingerprint density at radius 2 is 2.20 bits per heavy atom. The molecule has 80 valence electrons. The summed E-state index contributed by atoms with van der Waals surface area (Å²) in [6.07, 6.45) is 3.72. The van der Waals surface area contributed by atoms with Gasteiger partial charge in [0.25, 0.3) is 0 Å². The molecule has 2 N–H and O–H groups in total. The SMILES string of the molecule is S=C(Nc1ncc(Cl)nc1Cl)NC1CC1. The van der Waals surface area contributed by atoms with Crippen molar-refractivity contribution in [3.8, 4) is 0 Å². The van der Waals surface area contributed by atoms with Crippen LogP contribution < -0.4 is 10.6 Å². The average molecular weight is 263 g/mol. The lowest BCUT2D eigenvalue weighted by molar-refractivity contribution is 0.918. The number of nitrogens with one attached hydrogen (secondary N) is 2. The highest BCUT2D eigenvalue weighted by molar-refractivity contribution is 7.80. The van der Waals surface area contributed by atoms with Crippen molar-refractivity contribution in [2.24, 2.45) is 0 Å². The molecule has 1 aliphatic carbocycles. The molecule has 15 heavy (non-hydrogen) atoms. The Labute approximate surface area is 102 Å². The highest BCUT2D eigenvalue weighted by atomic mass is 35.5.